The summed E-state index contributed by atoms with van der Waals surface area (Å²) in [5.41, 5.74) is 0.512. The molecule has 2 rings (SSSR count). The lowest BCUT2D eigenvalue weighted by atomic mass is 10.3. The normalized spacial score (nSPS) is 11.3. The summed E-state index contributed by atoms with van der Waals surface area (Å²) in [4.78, 5) is 12.0. The zero-order chi connectivity index (χ0) is 15.5. The van der Waals surface area contributed by atoms with Crippen LogP contribution in [0.25, 0.3) is 0 Å². The number of nitrogens with one attached hydrogen (secondary N) is 1. The molecule has 8 heteroatoms. The third kappa shape index (κ3) is 3.99. The van der Waals surface area contributed by atoms with E-state index < -0.39 is 16.0 Å². The molecular formula is C13H13NO4S3. The summed E-state index contributed by atoms with van der Waals surface area (Å²) in [6, 6.07) is 10.0. The van der Waals surface area contributed by atoms with Crippen molar-refractivity contribution in [3.8, 4) is 0 Å². The minimum Gasteiger partial charge on any atom is -0.481 e. The maximum atomic E-state index is 12.3. The first-order chi connectivity index (χ1) is 9.92. The van der Waals surface area contributed by atoms with Gasteiger partial charge >= 0.3 is 5.97 Å². The number of benzene rings is 1. The van der Waals surface area contributed by atoms with Gasteiger partial charge in [-0.05, 0) is 30.5 Å². The number of thiophene rings is 1. The Hall–Kier alpha value is -1.51. The summed E-state index contributed by atoms with van der Waals surface area (Å²) >= 11 is 2.41. The fraction of sp³-hybridized carbons (Fsp3) is 0.154. The molecule has 21 heavy (non-hydrogen) atoms. The Morgan fingerprint density at radius 2 is 2.00 bits per heavy atom. The van der Waals surface area contributed by atoms with Crippen molar-refractivity contribution in [2.24, 2.45) is 0 Å². The highest BCUT2D eigenvalue weighted by molar-refractivity contribution is 7.99. The van der Waals surface area contributed by atoms with E-state index in [4.69, 9.17) is 5.11 Å². The van der Waals surface area contributed by atoms with E-state index in [9.17, 15) is 13.2 Å². The number of carboxylic acid groups (broad SMARTS) is 1. The third-order valence-electron chi connectivity index (χ3n) is 2.58. The number of thioether (sulfide) groups is 1. The topological polar surface area (TPSA) is 83.5 Å². The second-order valence-corrected chi connectivity index (χ2v) is 8.02. The monoisotopic (exact) mass is 343 g/mol. The minimum absolute atomic E-state index is 0.106. The van der Waals surface area contributed by atoms with Gasteiger partial charge in [0.25, 0.3) is 10.0 Å². The van der Waals surface area contributed by atoms with Crippen molar-refractivity contribution < 1.29 is 18.3 Å². The van der Waals surface area contributed by atoms with E-state index in [0.717, 1.165) is 16.2 Å². The lowest BCUT2D eigenvalue weighted by molar-refractivity contribution is -0.136. The number of rotatable bonds is 6. The van der Waals surface area contributed by atoms with Crippen LogP contribution in [0, 0.1) is 0 Å². The fourth-order valence-corrected chi connectivity index (χ4v) is 4.72. The number of carboxylic acids is 1. The van der Waals surface area contributed by atoms with E-state index >= 15 is 0 Å². The molecule has 0 amide bonds. The van der Waals surface area contributed by atoms with Crippen LogP contribution in [0.15, 0.2) is 45.5 Å². The zero-order valence-corrected chi connectivity index (χ0v) is 13.5. The molecule has 1 aromatic carbocycles. The van der Waals surface area contributed by atoms with Gasteiger partial charge in [-0.3, -0.25) is 9.52 Å². The van der Waals surface area contributed by atoms with Crippen LogP contribution in [0.5, 0.6) is 0 Å². The summed E-state index contributed by atoms with van der Waals surface area (Å²) in [5.74, 6) is -0.985. The molecule has 2 N–H and O–H groups in total. The van der Waals surface area contributed by atoms with Crippen LogP contribution in [-0.4, -0.2) is 25.7 Å². The molecule has 0 aliphatic heterocycles. The van der Waals surface area contributed by atoms with Crippen molar-refractivity contribution in [2.45, 2.75) is 15.5 Å². The zero-order valence-electron chi connectivity index (χ0n) is 11.1. The average molecular weight is 343 g/mol. The smallest absolute Gasteiger partial charge is 0.308 e. The lowest BCUT2D eigenvalue weighted by Crippen LogP contribution is -2.12. The molecule has 2 aromatic rings. The highest BCUT2D eigenvalue weighted by atomic mass is 32.2. The van der Waals surface area contributed by atoms with Gasteiger partial charge < -0.3 is 5.11 Å². The van der Waals surface area contributed by atoms with Gasteiger partial charge in [0.05, 0.1) is 12.1 Å². The molecule has 112 valence electrons. The van der Waals surface area contributed by atoms with Crippen molar-refractivity contribution in [2.75, 3.05) is 11.0 Å². The Kier molecular flexibility index (Phi) is 4.92. The summed E-state index contributed by atoms with van der Waals surface area (Å²) in [6.07, 6.45) is 1.69. The van der Waals surface area contributed by atoms with Crippen molar-refractivity contribution in [3.05, 3.63) is 41.3 Å². The van der Waals surface area contributed by atoms with Crippen molar-refractivity contribution in [3.63, 3.8) is 0 Å². The molecule has 0 unspecified atom stereocenters. The predicted octanol–water partition coefficient (Wildman–Crippen LogP) is 2.90. The van der Waals surface area contributed by atoms with Gasteiger partial charge in [-0.25, -0.2) is 8.42 Å². The second kappa shape index (κ2) is 6.50. The number of anilines is 1. The molecule has 0 aliphatic carbocycles. The Morgan fingerprint density at radius 3 is 2.67 bits per heavy atom. The number of para-hydroxylation sites is 1. The third-order valence-corrected chi connectivity index (χ3v) is 6.32. The van der Waals surface area contributed by atoms with Crippen LogP contribution in [-0.2, 0) is 21.2 Å². The lowest BCUT2D eigenvalue weighted by Gasteiger charge is -2.09. The van der Waals surface area contributed by atoms with Crippen LogP contribution in [0.3, 0.4) is 0 Å². The Balaban J connectivity index is 2.26. The molecule has 5 nitrogen and oxygen atoms in total. The quantitative estimate of drug-likeness (QED) is 0.788. The number of carbonyl (C=O) groups is 1. The summed E-state index contributed by atoms with van der Waals surface area (Å²) in [5, 5.41) is 8.72. The van der Waals surface area contributed by atoms with Gasteiger partial charge in [0.1, 0.15) is 4.21 Å². The first kappa shape index (κ1) is 15.9. The highest BCUT2D eigenvalue weighted by Crippen LogP contribution is 2.29. The molecule has 0 aliphatic rings. The molecule has 0 saturated heterocycles. The number of hydrogen-bond donors (Lipinski definition) is 2. The van der Waals surface area contributed by atoms with Gasteiger partial charge in [-0.1, -0.05) is 12.1 Å². The molecule has 0 fully saturated rings. The van der Waals surface area contributed by atoms with Gasteiger partial charge in [0.2, 0.25) is 0 Å². The Bertz CT molecular complexity index is 752. The minimum atomic E-state index is -3.70. The summed E-state index contributed by atoms with van der Waals surface area (Å²) in [6.45, 7) is 0. The molecule has 0 saturated carbocycles. The van der Waals surface area contributed by atoms with Gasteiger partial charge in [0, 0.05) is 9.77 Å². The Labute approximate surface area is 131 Å². The van der Waals surface area contributed by atoms with E-state index in [1.165, 1.54) is 23.9 Å². The van der Waals surface area contributed by atoms with Gasteiger partial charge in [0.15, 0.2) is 0 Å². The molecule has 0 atom stereocenters. The van der Waals surface area contributed by atoms with Gasteiger partial charge in [-0.2, -0.15) is 0 Å². The molecular weight excluding hydrogens is 330 g/mol. The SMILES string of the molecule is CSc1ccccc1NS(=O)(=O)c1ccc(CC(=O)O)s1. The predicted molar refractivity (Wildman–Crippen MR) is 84.7 cm³/mol. The van der Waals surface area contributed by atoms with E-state index in [-0.39, 0.29) is 10.6 Å². The van der Waals surface area contributed by atoms with E-state index in [1.807, 2.05) is 18.4 Å². The summed E-state index contributed by atoms with van der Waals surface area (Å²) in [7, 11) is -3.70. The van der Waals surface area contributed by atoms with Crippen molar-refractivity contribution >= 4 is 44.8 Å². The molecule has 0 spiro atoms. The first-order valence-corrected chi connectivity index (χ1v) is 9.41. The Morgan fingerprint density at radius 1 is 1.29 bits per heavy atom. The maximum Gasteiger partial charge on any atom is 0.308 e. The van der Waals surface area contributed by atoms with Crippen molar-refractivity contribution in [1.29, 1.82) is 0 Å². The largest absolute Gasteiger partial charge is 0.481 e. The standard InChI is InChI=1S/C13H13NO4S3/c1-19-11-5-3-2-4-10(11)14-21(17,18)13-7-6-9(20-13)8-12(15)16/h2-7,14H,8H2,1H3,(H,15,16). The molecule has 0 bridgehead atoms. The molecule has 0 radical (unpaired) electrons. The first-order valence-electron chi connectivity index (χ1n) is 5.89. The van der Waals surface area contributed by atoms with Crippen LogP contribution in [0.1, 0.15) is 4.88 Å². The number of hydrogen-bond acceptors (Lipinski definition) is 5. The number of aliphatic carboxylic acids is 1. The van der Waals surface area contributed by atoms with Crippen LogP contribution >= 0.6 is 23.1 Å². The second-order valence-electron chi connectivity index (χ2n) is 4.10. The fourth-order valence-electron chi connectivity index (χ4n) is 1.67. The van der Waals surface area contributed by atoms with Crippen LogP contribution in [0.2, 0.25) is 0 Å². The van der Waals surface area contributed by atoms with E-state index in [2.05, 4.69) is 4.72 Å². The van der Waals surface area contributed by atoms with Gasteiger partial charge in [-0.15, -0.1) is 23.1 Å². The van der Waals surface area contributed by atoms with Crippen LogP contribution < -0.4 is 4.72 Å². The molecule has 1 aromatic heterocycles. The molecule has 1 heterocycles. The van der Waals surface area contributed by atoms with Crippen LogP contribution in [0.4, 0.5) is 5.69 Å². The number of sulfonamides is 1. The maximum absolute atomic E-state index is 12.3. The highest BCUT2D eigenvalue weighted by Gasteiger charge is 2.19. The average Bonchev–Trinajstić information content (AvgIpc) is 2.87. The van der Waals surface area contributed by atoms with E-state index in [1.54, 1.807) is 12.1 Å². The summed E-state index contributed by atoms with van der Waals surface area (Å²) < 4.78 is 27.3. The van der Waals surface area contributed by atoms with E-state index in [0.29, 0.717) is 10.6 Å². The van der Waals surface area contributed by atoms with Crippen molar-refractivity contribution in [1.82, 2.24) is 0 Å².